The van der Waals surface area contributed by atoms with Crippen LogP contribution in [0.15, 0.2) is 42.5 Å². The molecule has 0 aliphatic heterocycles. The van der Waals surface area contributed by atoms with Gasteiger partial charge in [-0.3, -0.25) is 0 Å². The van der Waals surface area contributed by atoms with Crippen LogP contribution in [0.5, 0.6) is 0 Å². The molecule has 2 aromatic rings. The van der Waals surface area contributed by atoms with Gasteiger partial charge >= 0.3 is 0 Å². The summed E-state index contributed by atoms with van der Waals surface area (Å²) in [5, 5.41) is 1.13. The summed E-state index contributed by atoms with van der Waals surface area (Å²) in [6, 6.07) is 13.5. The number of nitrogens with zero attached hydrogens (tertiary/aromatic N) is 1. The van der Waals surface area contributed by atoms with Crippen LogP contribution in [0.2, 0.25) is 10.0 Å². The fourth-order valence-corrected chi connectivity index (χ4v) is 2.35. The van der Waals surface area contributed by atoms with Crippen LogP contribution in [0, 0.1) is 0 Å². The molecule has 0 saturated heterocycles. The summed E-state index contributed by atoms with van der Waals surface area (Å²) in [4.78, 5) is 2.50. The molecule has 0 unspecified atom stereocenters. The van der Waals surface area contributed by atoms with E-state index < -0.39 is 0 Å². The highest BCUT2D eigenvalue weighted by Gasteiger charge is 2.06. The average Bonchev–Trinajstić information content (AvgIpc) is 2.43. The molecule has 0 fully saturated rings. The Morgan fingerprint density at radius 3 is 2.55 bits per heavy atom. The van der Waals surface area contributed by atoms with Gasteiger partial charge in [-0.1, -0.05) is 53.6 Å². The fraction of sp³-hybridized carbons (Fsp3) is 0.133. The first-order valence-corrected chi connectivity index (χ1v) is 7.18. The van der Waals surface area contributed by atoms with Gasteiger partial charge in [0.05, 0.1) is 10.0 Å². The lowest BCUT2D eigenvalue weighted by molar-refractivity contribution is 0.923. The van der Waals surface area contributed by atoms with E-state index in [4.69, 9.17) is 41.2 Å². The normalized spacial score (nSPS) is 10.3. The highest BCUT2D eigenvalue weighted by Crippen LogP contribution is 2.24. The molecule has 2 N–H and O–H groups in total. The molecule has 2 aromatic carbocycles. The summed E-state index contributed by atoms with van der Waals surface area (Å²) in [5.74, 6) is 0. The van der Waals surface area contributed by atoms with Crippen LogP contribution in [0.25, 0.3) is 0 Å². The first-order valence-electron chi connectivity index (χ1n) is 6.02. The van der Waals surface area contributed by atoms with Crippen LogP contribution in [0.4, 0.5) is 5.69 Å². The number of thiocarbonyl (C=S) groups is 1. The SMILES string of the molecule is CN(Cc1ccc(Cl)c(Cl)c1)c1cccc(C(N)=S)c1. The summed E-state index contributed by atoms with van der Waals surface area (Å²) >= 11 is 16.9. The zero-order chi connectivity index (χ0) is 14.7. The summed E-state index contributed by atoms with van der Waals surface area (Å²) < 4.78 is 0. The first kappa shape index (κ1) is 15.1. The third kappa shape index (κ3) is 3.63. The first-order chi connectivity index (χ1) is 9.47. The molecule has 2 rings (SSSR count). The Labute approximate surface area is 134 Å². The highest BCUT2D eigenvalue weighted by atomic mass is 35.5. The number of nitrogens with two attached hydrogens (primary N) is 1. The second-order valence-corrected chi connectivity index (χ2v) is 5.77. The van der Waals surface area contributed by atoms with Crippen molar-refractivity contribution in [3.05, 3.63) is 63.6 Å². The molecule has 0 aliphatic carbocycles. The molecule has 20 heavy (non-hydrogen) atoms. The van der Waals surface area contributed by atoms with Gasteiger partial charge in [-0.2, -0.15) is 0 Å². The smallest absolute Gasteiger partial charge is 0.104 e. The molecule has 0 radical (unpaired) electrons. The van der Waals surface area contributed by atoms with E-state index in [0.29, 0.717) is 15.0 Å². The van der Waals surface area contributed by atoms with E-state index in [9.17, 15) is 0 Å². The van der Waals surface area contributed by atoms with Crippen molar-refractivity contribution in [2.75, 3.05) is 11.9 Å². The second-order valence-electron chi connectivity index (χ2n) is 4.52. The van der Waals surface area contributed by atoms with Gasteiger partial charge in [0, 0.05) is 24.8 Å². The number of rotatable bonds is 4. The third-order valence-electron chi connectivity index (χ3n) is 2.98. The summed E-state index contributed by atoms with van der Waals surface area (Å²) in [7, 11) is 2.00. The Morgan fingerprint density at radius 1 is 1.15 bits per heavy atom. The van der Waals surface area contributed by atoms with Gasteiger partial charge in [-0.25, -0.2) is 0 Å². The van der Waals surface area contributed by atoms with E-state index in [1.54, 1.807) is 6.07 Å². The van der Waals surface area contributed by atoms with Gasteiger partial charge in [-0.15, -0.1) is 0 Å². The van der Waals surface area contributed by atoms with Crippen molar-refractivity contribution in [1.29, 1.82) is 0 Å². The molecular weight excluding hydrogens is 311 g/mol. The van der Waals surface area contributed by atoms with Gasteiger partial charge in [-0.05, 0) is 29.8 Å². The van der Waals surface area contributed by atoms with E-state index in [1.807, 2.05) is 43.4 Å². The predicted octanol–water partition coefficient (Wildman–Crippen LogP) is 4.26. The van der Waals surface area contributed by atoms with Crippen molar-refractivity contribution < 1.29 is 0 Å². The summed E-state index contributed by atoms with van der Waals surface area (Å²) in [6.07, 6.45) is 0. The minimum absolute atomic E-state index is 0.398. The number of anilines is 1. The van der Waals surface area contributed by atoms with E-state index in [0.717, 1.165) is 23.4 Å². The van der Waals surface area contributed by atoms with E-state index in [1.165, 1.54) is 0 Å². The monoisotopic (exact) mass is 324 g/mol. The van der Waals surface area contributed by atoms with Gasteiger partial charge < -0.3 is 10.6 Å². The zero-order valence-corrected chi connectivity index (χ0v) is 13.3. The van der Waals surface area contributed by atoms with Crippen molar-refractivity contribution in [2.24, 2.45) is 5.73 Å². The molecular formula is C15H14Cl2N2S. The third-order valence-corrected chi connectivity index (χ3v) is 3.95. The molecule has 0 aromatic heterocycles. The van der Waals surface area contributed by atoms with Crippen molar-refractivity contribution in [2.45, 2.75) is 6.54 Å². The maximum atomic E-state index is 6.03. The predicted molar refractivity (Wildman–Crippen MR) is 90.9 cm³/mol. The quantitative estimate of drug-likeness (QED) is 0.852. The molecule has 5 heteroatoms. The van der Waals surface area contributed by atoms with Crippen molar-refractivity contribution in [1.82, 2.24) is 0 Å². The Morgan fingerprint density at radius 2 is 1.90 bits per heavy atom. The van der Waals surface area contributed by atoms with Crippen molar-refractivity contribution in [3.63, 3.8) is 0 Å². The standard InChI is InChI=1S/C15H14Cl2N2S/c1-19(9-10-5-6-13(16)14(17)7-10)12-4-2-3-11(8-12)15(18)20/h2-8H,9H2,1H3,(H2,18,20). The van der Waals surface area contributed by atoms with Crippen LogP contribution < -0.4 is 10.6 Å². The van der Waals surface area contributed by atoms with Crippen molar-refractivity contribution in [3.8, 4) is 0 Å². The summed E-state index contributed by atoms with van der Waals surface area (Å²) in [6.45, 7) is 0.720. The van der Waals surface area contributed by atoms with E-state index >= 15 is 0 Å². The molecule has 0 aliphatic rings. The van der Waals surface area contributed by atoms with Gasteiger partial charge in [0.15, 0.2) is 0 Å². The maximum absolute atomic E-state index is 6.03. The van der Waals surface area contributed by atoms with Crippen LogP contribution in [-0.2, 0) is 6.54 Å². The van der Waals surface area contributed by atoms with Crippen LogP contribution >= 0.6 is 35.4 Å². The Kier molecular flexibility index (Phi) is 4.86. The van der Waals surface area contributed by atoms with E-state index in [2.05, 4.69) is 4.90 Å². The number of hydrogen-bond donors (Lipinski definition) is 1. The van der Waals surface area contributed by atoms with Crippen molar-refractivity contribution >= 4 is 46.1 Å². The number of benzene rings is 2. The Balaban J connectivity index is 2.19. The zero-order valence-electron chi connectivity index (χ0n) is 10.9. The molecule has 0 bridgehead atoms. The molecule has 2 nitrogen and oxygen atoms in total. The number of hydrogen-bond acceptors (Lipinski definition) is 2. The molecule has 0 heterocycles. The summed E-state index contributed by atoms with van der Waals surface area (Å²) in [5.41, 5.74) is 8.64. The van der Waals surface area contributed by atoms with Gasteiger partial charge in [0.2, 0.25) is 0 Å². The Hall–Kier alpha value is -1.29. The topological polar surface area (TPSA) is 29.3 Å². The lowest BCUT2D eigenvalue weighted by Gasteiger charge is -2.20. The minimum atomic E-state index is 0.398. The van der Waals surface area contributed by atoms with Crippen LogP contribution in [-0.4, -0.2) is 12.0 Å². The van der Waals surface area contributed by atoms with Gasteiger partial charge in [0.1, 0.15) is 4.99 Å². The van der Waals surface area contributed by atoms with E-state index in [-0.39, 0.29) is 0 Å². The lowest BCUT2D eigenvalue weighted by Crippen LogP contribution is -2.17. The lowest BCUT2D eigenvalue weighted by atomic mass is 10.1. The maximum Gasteiger partial charge on any atom is 0.104 e. The molecule has 0 atom stereocenters. The second kappa shape index (κ2) is 6.44. The molecule has 0 spiro atoms. The minimum Gasteiger partial charge on any atom is -0.389 e. The van der Waals surface area contributed by atoms with Crippen LogP contribution in [0.1, 0.15) is 11.1 Å². The van der Waals surface area contributed by atoms with Gasteiger partial charge in [0.25, 0.3) is 0 Å². The molecule has 0 saturated carbocycles. The average molecular weight is 325 g/mol. The Bertz CT molecular complexity index is 644. The highest BCUT2D eigenvalue weighted by molar-refractivity contribution is 7.80. The largest absolute Gasteiger partial charge is 0.389 e. The molecule has 104 valence electrons. The number of halogens is 2. The molecule has 0 amide bonds. The fourth-order valence-electron chi connectivity index (χ4n) is 1.90. The van der Waals surface area contributed by atoms with Crippen LogP contribution in [0.3, 0.4) is 0 Å².